The molecule has 4 rings (SSSR count). The summed E-state index contributed by atoms with van der Waals surface area (Å²) in [4.78, 5) is 34.2. The molecule has 1 saturated carbocycles. The molecule has 1 fully saturated rings. The number of aliphatic hydroxyl groups excluding tert-OH is 1. The minimum Gasteiger partial charge on any atom is -0.472 e. The van der Waals surface area contributed by atoms with Gasteiger partial charge in [-0.3, -0.25) is 9.59 Å². The number of hydrogen-bond acceptors (Lipinski definition) is 6. The molecule has 1 aliphatic heterocycles. The molecule has 8 nitrogen and oxygen atoms in total. The van der Waals surface area contributed by atoms with Crippen LogP contribution in [0.5, 0.6) is 5.88 Å². The minimum atomic E-state index is -0.392. The van der Waals surface area contributed by atoms with Crippen LogP contribution in [-0.2, 0) is 4.79 Å². The Balaban J connectivity index is 1.69. The van der Waals surface area contributed by atoms with E-state index in [4.69, 9.17) is 4.74 Å². The summed E-state index contributed by atoms with van der Waals surface area (Å²) < 4.78 is 6.30. The van der Waals surface area contributed by atoms with E-state index in [1.807, 2.05) is 19.9 Å². The molecular formula is C27H32N4O4. The van der Waals surface area contributed by atoms with Crippen LogP contribution in [0.4, 0.5) is 0 Å². The molecule has 0 spiro atoms. The van der Waals surface area contributed by atoms with E-state index in [9.17, 15) is 20.0 Å². The zero-order chi connectivity index (χ0) is 25.1. The monoisotopic (exact) mass is 476 g/mol. The third kappa shape index (κ3) is 5.15. The fourth-order valence-corrected chi connectivity index (χ4v) is 4.57. The Morgan fingerprint density at radius 2 is 2.11 bits per heavy atom. The smallest absolute Gasteiger partial charge is 0.259 e. The first-order chi connectivity index (χ1) is 16.8. The number of aliphatic hydroxyl groups is 1. The summed E-state index contributed by atoms with van der Waals surface area (Å²) in [6.07, 6.45) is 4.22. The normalized spacial score (nSPS) is 21.0. The molecule has 1 aromatic heterocycles. The summed E-state index contributed by atoms with van der Waals surface area (Å²) in [5.74, 6) is 0.0783. The number of amides is 2. The Hall–Kier alpha value is -3.44. The van der Waals surface area contributed by atoms with Crippen LogP contribution in [0.15, 0.2) is 36.5 Å². The van der Waals surface area contributed by atoms with E-state index in [2.05, 4.69) is 11.1 Å². The van der Waals surface area contributed by atoms with Crippen LogP contribution < -0.4 is 4.74 Å². The van der Waals surface area contributed by atoms with E-state index in [0.717, 1.165) is 24.8 Å². The average molecular weight is 477 g/mol. The van der Waals surface area contributed by atoms with Crippen LogP contribution in [0.1, 0.15) is 49.0 Å². The molecule has 2 aromatic rings. The van der Waals surface area contributed by atoms with Crippen molar-refractivity contribution >= 4 is 11.8 Å². The Bertz CT molecular complexity index is 1140. The van der Waals surface area contributed by atoms with Crippen LogP contribution in [0.3, 0.4) is 0 Å². The van der Waals surface area contributed by atoms with Crippen molar-refractivity contribution in [2.45, 2.75) is 45.3 Å². The zero-order valence-corrected chi connectivity index (χ0v) is 20.5. The highest BCUT2D eigenvalue weighted by atomic mass is 16.5. The number of rotatable bonds is 6. The molecule has 1 aliphatic carbocycles. The quantitative estimate of drug-likeness (QED) is 0.687. The molecular weight excluding hydrogens is 444 g/mol. The van der Waals surface area contributed by atoms with E-state index in [1.54, 1.807) is 47.3 Å². The molecule has 1 aromatic carbocycles. The van der Waals surface area contributed by atoms with Crippen LogP contribution >= 0.6 is 0 Å². The largest absolute Gasteiger partial charge is 0.472 e. The first-order valence-electron chi connectivity index (χ1n) is 12.2. The van der Waals surface area contributed by atoms with Crippen molar-refractivity contribution in [3.8, 4) is 23.1 Å². The number of carbonyl (C=O) groups excluding carboxylic acids is 2. The van der Waals surface area contributed by atoms with Crippen molar-refractivity contribution in [1.82, 2.24) is 14.8 Å². The number of likely N-dealkylation sites (N-methyl/N-ethyl adjacent to an activating group) is 1. The van der Waals surface area contributed by atoms with Gasteiger partial charge >= 0.3 is 0 Å². The maximum Gasteiger partial charge on any atom is 0.259 e. The predicted molar refractivity (Wildman–Crippen MR) is 131 cm³/mol. The lowest BCUT2D eigenvalue weighted by atomic mass is 9.84. The Morgan fingerprint density at radius 1 is 1.34 bits per heavy atom. The Morgan fingerprint density at radius 3 is 2.77 bits per heavy atom. The van der Waals surface area contributed by atoms with Gasteiger partial charge in [-0.2, -0.15) is 5.26 Å². The van der Waals surface area contributed by atoms with E-state index in [1.165, 1.54) is 0 Å². The molecule has 0 saturated heterocycles. The third-order valence-electron chi connectivity index (χ3n) is 7.13. The lowest BCUT2D eigenvalue weighted by Crippen LogP contribution is -2.51. The molecule has 35 heavy (non-hydrogen) atoms. The summed E-state index contributed by atoms with van der Waals surface area (Å²) in [6.45, 7) is 4.39. The van der Waals surface area contributed by atoms with Crippen LogP contribution in [0.25, 0.3) is 11.1 Å². The topological polar surface area (TPSA) is 107 Å². The van der Waals surface area contributed by atoms with Gasteiger partial charge in [0.25, 0.3) is 5.91 Å². The van der Waals surface area contributed by atoms with E-state index in [-0.39, 0.29) is 42.2 Å². The molecule has 2 amide bonds. The summed E-state index contributed by atoms with van der Waals surface area (Å²) in [5.41, 5.74) is 2.28. The summed E-state index contributed by atoms with van der Waals surface area (Å²) in [7, 11) is 1.80. The van der Waals surface area contributed by atoms with Crippen LogP contribution in [0, 0.1) is 23.2 Å². The maximum atomic E-state index is 13.6. The standard InChI is InChI=1S/C27H32N4O4/c1-17-14-31(18(2)16-32)27(34)23-11-22(21-9-4-6-19(10-21)12-28)13-29-25(23)35-24(17)15-30(3)26(33)20-7-5-8-20/h4,6,9-11,13,17-18,20,24,32H,5,7-8,14-16H2,1-3H3/t17-,18+,24+/m0/s1. The fraction of sp³-hybridized carbons (Fsp3) is 0.481. The number of fused-ring (bicyclic) bond motifs is 1. The first-order valence-corrected chi connectivity index (χ1v) is 12.2. The second kappa shape index (κ2) is 10.4. The van der Waals surface area contributed by atoms with Crippen molar-refractivity contribution in [1.29, 1.82) is 5.26 Å². The van der Waals surface area contributed by atoms with Gasteiger partial charge in [-0.1, -0.05) is 25.5 Å². The fourth-order valence-electron chi connectivity index (χ4n) is 4.57. The number of hydrogen-bond donors (Lipinski definition) is 1. The molecule has 184 valence electrons. The maximum absolute atomic E-state index is 13.6. The molecule has 3 atom stereocenters. The second-order valence-electron chi connectivity index (χ2n) is 9.74. The van der Waals surface area contributed by atoms with Gasteiger partial charge in [-0.25, -0.2) is 4.98 Å². The summed E-state index contributed by atoms with van der Waals surface area (Å²) >= 11 is 0. The number of carbonyl (C=O) groups is 2. The van der Waals surface area contributed by atoms with E-state index >= 15 is 0 Å². The van der Waals surface area contributed by atoms with Gasteiger partial charge in [0.2, 0.25) is 11.8 Å². The number of nitrogens with zero attached hydrogens (tertiary/aromatic N) is 4. The predicted octanol–water partition coefficient (Wildman–Crippen LogP) is 3.10. The number of nitriles is 1. The Kier molecular flexibility index (Phi) is 7.37. The first kappa shape index (κ1) is 24.7. The van der Waals surface area contributed by atoms with Gasteiger partial charge in [0, 0.05) is 37.2 Å². The molecule has 2 aliphatic rings. The SMILES string of the molecule is C[C@H](CO)N1C[C@H](C)[C@@H](CN(C)C(=O)C2CCC2)Oc2ncc(-c3cccc(C#N)c3)cc2C1=O. The van der Waals surface area contributed by atoms with Gasteiger partial charge in [0.1, 0.15) is 11.7 Å². The highest BCUT2D eigenvalue weighted by molar-refractivity contribution is 5.98. The van der Waals surface area contributed by atoms with Crippen molar-refractivity contribution in [3.63, 3.8) is 0 Å². The van der Waals surface area contributed by atoms with Crippen molar-refractivity contribution in [3.05, 3.63) is 47.7 Å². The van der Waals surface area contributed by atoms with Crippen molar-refractivity contribution in [2.75, 3.05) is 26.7 Å². The highest BCUT2D eigenvalue weighted by Crippen LogP contribution is 2.32. The van der Waals surface area contributed by atoms with Crippen LogP contribution in [0.2, 0.25) is 0 Å². The molecule has 2 heterocycles. The van der Waals surface area contributed by atoms with Crippen LogP contribution in [-0.4, -0.2) is 70.6 Å². The Labute approximate surface area is 206 Å². The molecule has 0 bridgehead atoms. The van der Waals surface area contributed by atoms with Crippen molar-refractivity contribution in [2.24, 2.45) is 11.8 Å². The number of aromatic nitrogens is 1. The van der Waals surface area contributed by atoms with Gasteiger partial charge < -0.3 is 19.6 Å². The van der Waals surface area contributed by atoms with Gasteiger partial charge in [0.15, 0.2) is 0 Å². The van der Waals surface area contributed by atoms with Crippen molar-refractivity contribution < 1.29 is 19.4 Å². The van der Waals surface area contributed by atoms with E-state index in [0.29, 0.717) is 29.8 Å². The molecule has 1 N–H and O–H groups in total. The molecule has 8 heteroatoms. The number of pyridine rings is 1. The van der Waals surface area contributed by atoms with E-state index < -0.39 is 6.04 Å². The lowest BCUT2D eigenvalue weighted by Gasteiger charge is -2.38. The number of ether oxygens (including phenoxy) is 1. The van der Waals surface area contributed by atoms with Gasteiger partial charge in [-0.15, -0.1) is 0 Å². The molecule has 0 radical (unpaired) electrons. The third-order valence-corrected chi connectivity index (χ3v) is 7.13. The van der Waals surface area contributed by atoms with Gasteiger partial charge in [0.05, 0.1) is 30.8 Å². The van der Waals surface area contributed by atoms with Gasteiger partial charge in [-0.05, 0) is 43.5 Å². The minimum absolute atomic E-state index is 0.0912. The second-order valence-corrected chi connectivity index (χ2v) is 9.74. The number of benzene rings is 1. The summed E-state index contributed by atoms with van der Waals surface area (Å²) in [5, 5.41) is 19.1. The zero-order valence-electron chi connectivity index (χ0n) is 20.5. The lowest BCUT2D eigenvalue weighted by molar-refractivity contribution is -0.138. The summed E-state index contributed by atoms with van der Waals surface area (Å²) in [6, 6.07) is 10.6. The average Bonchev–Trinajstić information content (AvgIpc) is 2.84. The highest BCUT2D eigenvalue weighted by Gasteiger charge is 2.36. The molecule has 0 unspecified atom stereocenters.